The van der Waals surface area contributed by atoms with Gasteiger partial charge in [0.1, 0.15) is 195 Å². The van der Waals surface area contributed by atoms with Crippen LogP contribution in [0.4, 0.5) is 0 Å². The molecule has 0 spiro atoms. The lowest BCUT2D eigenvalue weighted by molar-refractivity contribution is -0.404. The van der Waals surface area contributed by atoms with E-state index in [9.17, 15) is 112 Å². The van der Waals surface area contributed by atoms with Crippen molar-refractivity contribution < 1.29 is 198 Å². The van der Waals surface area contributed by atoms with E-state index in [1.54, 1.807) is 0 Å². The first-order valence-corrected chi connectivity index (χ1v) is 28.9. The third-order valence-corrected chi connectivity index (χ3v) is 17.2. The van der Waals surface area contributed by atoms with Crippen LogP contribution in [-0.4, -0.2) is 425 Å². The third-order valence-electron chi connectivity index (χ3n) is 17.2. The topological polar surface area (TPSA) is 611 Å². The van der Waals surface area contributed by atoms with Gasteiger partial charge in [-0.2, -0.15) is 0 Å². The quantitative estimate of drug-likeness (QED) is 0.0966. The van der Waals surface area contributed by atoms with Gasteiger partial charge >= 0.3 is 0 Å². The molecule has 0 saturated carbocycles. The molecular formula is C50H84O40. The second-order valence-electron chi connectivity index (χ2n) is 23.0. The maximum absolute atomic E-state index is 11.6. The summed E-state index contributed by atoms with van der Waals surface area (Å²) in [5, 5.41) is 246. The monoisotopic (exact) mass is 1320 g/mol. The summed E-state index contributed by atoms with van der Waals surface area (Å²) in [6.45, 7) is -7.33. The second-order valence-corrected chi connectivity index (χ2v) is 23.0. The predicted octanol–water partition coefficient (Wildman–Crippen LogP) is -16.1. The third kappa shape index (κ3) is 14.5. The fraction of sp³-hybridized carbons (Fsp3) is 1.00. The maximum Gasteiger partial charge on any atom is 0.187 e. The van der Waals surface area contributed by atoms with Gasteiger partial charge in [-0.1, -0.05) is 0 Å². The molecule has 0 radical (unpaired) electrons. The molecule has 30 heterocycles. The summed E-state index contributed by atoms with van der Waals surface area (Å²) in [6, 6.07) is 0. The van der Waals surface area contributed by atoms with E-state index in [0.717, 1.165) is 0 Å². The van der Waals surface area contributed by atoms with E-state index in [1.165, 1.54) is 14.2 Å². The van der Waals surface area contributed by atoms with E-state index in [2.05, 4.69) is 0 Å². The Kier molecular flexibility index (Phi) is 25.3. The lowest BCUT2D eigenvalue weighted by Gasteiger charge is -2.50. The molecule has 30 rings (SSSR count). The molecule has 30 aliphatic heterocycles. The highest BCUT2D eigenvalue weighted by Crippen LogP contribution is 2.40. The van der Waals surface area contributed by atoms with Crippen molar-refractivity contribution in [2.45, 2.75) is 246 Å². The Bertz CT molecular complexity index is 2170. The first-order chi connectivity index (χ1) is 42.9. The van der Waals surface area contributed by atoms with Crippen molar-refractivity contribution in [3.8, 4) is 0 Å². The molecule has 30 fully saturated rings. The Labute approximate surface area is 509 Å². The molecule has 0 aliphatic carbocycles. The van der Waals surface area contributed by atoms with Gasteiger partial charge in [0.25, 0.3) is 0 Å². The normalized spacial score (nSPS) is 54.4. The first kappa shape index (κ1) is 72.7. The zero-order valence-corrected chi connectivity index (χ0v) is 47.9. The smallest absolute Gasteiger partial charge is 0.187 e. The van der Waals surface area contributed by atoms with E-state index in [0.29, 0.717) is 0 Å². The van der Waals surface area contributed by atoms with Crippen molar-refractivity contribution in [3.63, 3.8) is 0 Å². The average molecular weight is 1330 g/mol. The number of hydrogen-bond acceptors (Lipinski definition) is 40. The van der Waals surface area contributed by atoms with Crippen LogP contribution in [0.5, 0.6) is 0 Å². The second kappa shape index (κ2) is 31.3. The lowest BCUT2D eigenvalue weighted by Crippen LogP contribution is -2.69. The summed E-state index contributed by atoms with van der Waals surface area (Å²) < 4.78 is 103. The number of hydrogen-bond donors (Lipinski definition) is 22. The Balaban J connectivity index is 0.986. The number of methoxy groups -OCH3 is 2. The number of rotatable bonds is 10. The molecule has 22 N–H and O–H groups in total. The van der Waals surface area contributed by atoms with Crippen LogP contribution in [0, 0.1) is 0 Å². The number of ether oxygens (including phenoxy) is 18. The van der Waals surface area contributed by atoms with Crippen LogP contribution in [0.2, 0.25) is 0 Å². The summed E-state index contributed by atoms with van der Waals surface area (Å²) >= 11 is 0. The van der Waals surface area contributed by atoms with Gasteiger partial charge in [0, 0.05) is 14.2 Å². The summed E-state index contributed by atoms with van der Waals surface area (Å²) in [6.07, 6.45) is -79.7. The minimum absolute atomic E-state index is 0.485. The highest BCUT2D eigenvalue weighted by atomic mass is 16.8. The van der Waals surface area contributed by atoms with Gasteiger partial charge in [-0.25, -0.2) is 0 Å². The minimum Gasteiger partial charge on any atom is -0.394 e. The highest BCUT2D eigenvalue weighted by Gasteiger charge is 2.60. The average Bonchev–Trinajstić information content (AvgIpc) is 0.851. The largest absolute Gasteiger partial charge is 0.394 e. The van der Waals surface area contributed by atoms with Crippen LogP contribution in [-0.2, 0) is 85.3 Å². The van der Waals surface area contributed by atoms with Gasteiger partial charge in [0.15, 0.2) is 50.3 Å². The summed E-state index contributed by atoms with van der Waals surface area (Å²) in [4.78, 5) is 0. The Morgan fingerprint density at radius 2 is 0.311 bits per heavy atom. The predicted molar refractivity (Wildman–Crippen MR) is 271 cm³/mol. The standard InChI is InChI=1S/C50H84O40/c1-73-9-17-41-26(64)34(72)50(82-17)90-42-18(10-74-2)81-49(33(71)25(42)63)88-40-16(8-56)79-47(31(69)23(40)61)86-38-14(6-54)77-45(29(67)21(38)59)84-36-12(4-52)75-43(27(65)19(36)57)83-35-11(3-51)76-44(28(66)20(35)58)85-37-13(5-53)78-46(30(68)22(37)60)87-39-15(7-55)80-48(89-41)32(70)24(39)62/h11-72H,3-10H2,1-2H3. The molecule has 0 amide bonds. The zero-order valence-electron chi connectivity index (χ0n) is 47.9. The molecule has 0 aromatic rings. The van der Waals surface area contributed by atoms with E-state index < -0.39 is 299 Å². The van der Waals surface area contributed by atoms with Gasteiger partial charge in [-0.05, 0) is 0 Å². The zero-order chi connectivity index (χ0) is 65.5. The van der Waals surface area contributed by atoms with E-state index in [-0.39, 0.29) is 0 Å². The SMILES string of the molecule is COCC1OC2OC3C(COC)OC(OC4C(CO)OC(OC5C(CO)OC(OC6C(CO)OC(OC7C(CO)OC(OC8C(CO)OC(OC9C(CO)OC(OC1C(O)C2O)C(O)C9O)C(O)C8O)C(O)C7O)C(O)C6O)C(O)C5O)C(O)C4O)C(O)C3O. The van der Waals surface area contributed by atoms with Gasteiger partial charge in [0.05, 0.1) is 52.9 Å². The molecule has 16 bridgehead atoms. The van der Waals surface area contributed by atoms with Gasteiger partial charge < -0.3 is 198 Å². The highest BCUT2D eigenvalue weighted by molar-refractivity contribution is 5.02. The van der Waals surface area contributed by atoms with Crippen molar-refractivity contribution in [3.05, 3.63) is 0 Å². The molecule has 30 saturated heterocycles. The van der Waals surface area contributed by atoms with Crippen molar-refractivity contribution in [1.82, 2.24) is 0 Å². The van der Waals surface area contributed by atoms with Gasteiger partial charge in [-0.3, -0.25) is 0 Å². The molecule has 0 aromatic carbocycles. The molecule has 40 nitrogen and oxygen atoms in total. The maximum atomic E-state index is 11.6. The Morgan fingerprint density at radius 3 is 0.433 bits per heavy atom. The first-order valence-electron chi connectivity index (χ1n) is 28.9. The summed E-state index contributed by atoms with van der Waals surface area (Å²) in [5.41, 5.74) is 0. The molecule has 40 atom stereocenters. The van der Waals surface area contributed by atoms with Crippen LogP contribution in [0.1, 0.15) is 0 Å². The van der Waals surface area contributed by atoms with Crippen LogP contribution in [0.25, 0.3) is 0 Å². The summed E-state index contributed by atoms with van der Waals surface area (Å²) in [7, 11) is 2.39. The van der Waals surface area contributed by atoms with E-state index >= 15 is 0 Å². The van der Waals surface area contributed by atoms with E-state index in [4.69, 9.17) is 85.3 Å². The van der Waals surface area contributed by atoms with Gasteiger partial charge in [0.2, 0.25) is 0 Å². The molecule has 30 aliphatic rings. The Morgan fingerprint density at radius 1 is 0.189 bits per heavy atom. The fourth-order valence-electron chi connectivity index (χ4n) is 12.2. The number of aliphatic hydroxyl groups is 22. The molecule has 0 aromatic heterocycles. The lowest BCUT2D eigenvalue weighted by atomic mass is 9.94. The molecule has 40 heteroatoms. The van der Waals surface area contributed by atoms with Crippen molar-refractivity contribution >= 4 is 0 Å². The minimum atomic E-state index is -2.24. The van der Waals surface area contributed by atoms with Crippen molar-refractivity contribution in [1.29, 1.82) is 0 Å². The van der Waals surface area contributed by atoms with Crippen LogP contribution >= 0.6 is 0 Å². The Hall–Kier alpha value is -1.60. The van der Waals surface area contributed by atoms with E-state index in [1.807, 2.05) is 0 Å². The van der Waals surface area contributed by atoms with Crippen LogP contribution in [0.15, 0.2) is 0 Å². The summed E-state index contributed by atoms with van der Waals surface area (Å²) in [5.74, 6) is 0. The molecule has 90 heavy (non-hydrogen) atoms. The van der Waals surface area contributed by atoms with Crippen molar-refractivity contribution in [2.75, 3.05) is 67.1 Å². The molecular weight excluding hydrogens is 1240 g/mol. The molecule has 40 unspecified atom stereocenters. The number of aliphatic hydroxyl groups excluding tert-OH is 22. The van der Waals surface area contributed by atoms with Gasteiger partial charge in [-0.15, -0.1) is 0 Å². The van der Waals surface area contributed by atoms with Crippen molar-refractivity contribution in [2.24, 2.45) is 0 Å². The van der Waals surface area contributed by atoms with Crippen LogP contribution in [0.3, 0.4) is 0 Å². The van der Waals surface area contributed by atoms with Crippen LogP contribution < -0.4 is 0 Å². The molecule has 524 valence electrons. The fourth-order valence-corrected chi connectivity index (χ4v) is 12.2.